The second kappa shape index (κ2) is 4.67. The zero-order chi connectivity index (χ0) is 11.4. The summed E-state index contributed by atoms with van der Waals surface area (Å²) in [5, 5.41) is 12.2. The molecule has 0 bridgehead atoms. The molecule has 0 spiro atoms. The third-order valence-electron chi connectivity index (χ3n) is 2.91. The topological polar surface area (TPSA) is 71.7 Å². The van der Waals surface area contributed by atoms with E-state index in [-0.39, 0.29) is 12.5 Å². The average Bonchev–Trinajstić information content (AvgIpc) is 2.84. The van der Waals surface area contributed by atoms with Gasteiger partial charge in [0.05, 0.1) is 24.0 Å². The summed E-state index contributed by atoms with van der Waals surface area (Å²) >= 11 is 0. The molecule has 1 amide bonds. The van der Waals surface area contributed by atoms with Gasteiger partial charge in [0.15, 0.2) is 0 Å². The van der Waals surface area contributed by atoms with E-state index in [1.54, 1.807) is 6.07 Å². The monoisotopic (exact) mass is 225 g/mol. The van der Waals surface area contributed by atoms with Gasteiger partial charge in [-0.25, -0.2) is 0 Å². The molecule has 1 fully saturated rings. The van der Waals surface area contributed by atoms with Gasteiger partial charge in [-0.3, -0.25) is 4.79 Å². The van der Waals surface area contributed by atoms with E-state index in [0.29, 0.717) is 31.6 Å². The van der Waals surface area contributed by atoms with Crippen LogP contribution in [-0.4, -0.2) is 36.4 Å². The molecule has 1 saturated heterocycles. The summed E-state index contributed by atoms with van der Waals surface area (Å²) in [5.74, 6) is -0.218. The van der Waals surface area contributed by atoms with Crippen LogP contribution in [0.25, 0.3) is 0 Å². The van der Waals surface area contributed by atoms with Crippen LogP contribution in [0.5, 0.6) is 0 Å². The smallest absolute Gasteiger partial charge is 0.255 e. The van der Waals surface area contributed by atoms with Gasteiger partial charge in [0.25, 0.3) is 5.91 Å². The zero-order valence-electron chi connectivity index (χ0n) is 8.94. The fourth-order valence-electron chi connectivity index (χ4n) is 1.79. The van der Waals surface area contributed by atoms with E-state index in [4.69, 9.17) is 9.15 Å². The summed E-state index contributed by atoms with van der Waals surface area (Å²) in [4.78, 5) is 11.8. The van der Waals surface area contributed by atoms with Gasteiger partial charge in [-0.05, 0) is 18.9 Å². The summed E-state index contributed by atoms with van der Waals surface area (Å²) in [5.41, 5.74) is -0.0774. The minimum atomic E-state index is -0.549. The molecule has 0 unspecified atom stereocenters. The number of carbonyl (C=O) groups excluding carboxylic acids is 1. The number of aliphatic hydroxyl groups excluding tert-OH is 1. The largest absolute Gasteiger partial charge is 0.472 e. The third-order valence-corrected chi connectivity index (χ3v) is 2.91. The van der Waals surface area contributed by atoms with E-state index in [9.17, 15) is 9.90 Å². The Hall–Kier alpha value is -1.33. The van der Waals surface area contributed by atoms with E-state index >= 15 is 0 Å². The fourth-order valence-corrected chi connectivity index (χ4v) is 1.79. The Bertz CT molecular complexity index is 341. The maximum Gasteiger partial charge on any atom is 0.255 e. The first-order valence-corrected chi connectivity index (χ1v) is 5.29. The molecule has 0 saturated carbocycles. The number of rotatable bonds is 3. The second-order valence-electron chi connectivity index (χ2n) is 4.02. The number of amides is 1. The molecule has 1 aromatic heterocycles. The molecule has 5 heteroatoms. The Morgan fingerprint density at radius 1 is 1.50 bits per heavy atom. The van der Waals surface area contributed by atoms with Crippen molar-refractivity contribution < 1.29 is 19.1 Å². The van der Waals surface area contributed by atoms with Gasteiger partial charge in [-0.2, -0.15) is 0 Å². The molecule has 0 aliphatic carbocycles. The fraction of sp³-hybridized carbons (Fsp3) is 0.545. The molecule has 0 atom stereocenters. The first-order valence-electron chi connectivity index (χ1n) is 5.29. The average molecular weight is 225 g/mol. The molecule has 1 aliphatic rings. The highest BCUT2D eigenvalue weighted by molar-refractivity contribution is 5.94. The number of carbonyl (C=O) groups is 1. The van der Waals surface area contributed by atoms with E-state index in [1.165, 1.54) is 12.5 Å². The Labute approximate surface area is 93.4 Å². The number of nitrogens with one attached hydrogen (secondary N) is 1. The van der Waals surface area contributed by atoms with Gasteiger partial charge in [0.1, 0.15) is 6.26 Å². The van der Waals surface area contributed by atoms with Crippen LogP contribution in [0.15, 0.2) is 23.0 Å². The number of ether oxygens (including phenoxy) is 1. The first kappa shape index (κ1) is 11.2. The Morgan fingerprint density at radius 3 is 2.81 bits per heavy atom. The molecule has 5 nitrogen and oxygen atoms in total. The van der Waals surface area contributed by atoms with Crippen LogP contribution < -0.4 is 5.32 Å². The third kappa shape index (κ3) is 2.25. The minimum absolute atomic E-state index is 0.0695. The van der Waals surface area contributed by atoms with Crippen LogP contribution >= 0.6 is 0 Å². The molecule has 0 aromatic carbocycles. The lowest BCUT2D eigenvalue weighted by atomic mass is 9.90. The van der Waals surface area contributed by atoms with Crippen LogP contribution in [0, 0.1) is 0 Å². The van der Waals surface area contributed by atoms with Crippen LogP contribution in [0.3, 0.4) is 0 Å². The standard InChI is InChI=1S/C11H15NO4/c13-8-11(2-5-15-6-3-11)12-10(14)9-1-4-16-7-9/h1,4,7,13H,2-3,5-6,8H2,(H,12,14). The van der Waals surface area contributed by atoms with E-state index in [2.05, 4.69) is 5.32 Å². The number of furan rings is 1. The maximum absolute atomic E-state index is 11.8. The number of aliphatic hydroxyl groups is 1. The van der Waals surface area contributed by atoms with Gasteiger partial charge < -0.3 is 19.6 Å². The normalized spacial score (nSPS) is 19.3. The second-order valence-corrected chi connectivity index (χ2v) is 4.02. The highest BCUT2D eigenvalue weighted by Crippen LogP contribution is 2.20. The summed E-state index contributed by atoms with van der Waals surface area (Å²) in [6, 6.07) is 1.60. The van der Waals surface area contributed by atoms with Crippen molar-refractivity contribution in [2.75, 3.05) is 19.8 Å². The van der Waals surface area contributed by atoms with E-state index < -0.39 is 5.54 Å². The first-order chi connectivity index (χ1) is 7.76. The lowest BCUT2D eigenvalue weighted by molar-refractivity contribution is 0.0125. The molecule has 88 valence electrons. The quantitative estimate of drug-likeness (QED) is 0.788. The molecule has 0 radical (unpaired) electrons. The maximum atomic E-state index is 11.8. The van der Waals surface area contributed by atoms with Crippen LogP contribution in [0.4, 0.5) is 0 Å². The Balaban J connectivity index is 2.03. The Kier molecular flexibility index (Phi) is 3.26. The van der Waals surface area contributed by atoms with Crippen LogP contribution in [0.1, 0.15) is 23.2 Å². The molecule has 1 aromatic rings. The number of hydrogen-bond donors (Lipinski definition) is 2. The molecule has 1 aliphatic heterocycles. The van der Waals surface area contributed by atoms with Crippen molar-refractivity contribution in [1.29, 1.82) is 0 Å². The lowest BCUT2D eigenvalue weighted by Crippen LogP contribution is -2.54. The molecule has 2 heterocycles. The van der Waals surface area contributed by atoms with Gasteiger partial charge in [0, 0.05) is 13.2 Å². The van der Waals surface area contributed by atoms with Crippen molar-refractivity contribution in [3.8, 4) is 0 Å². The van der Waals surface area contributed by atoms with Crippen LogP contribution in [-0.2, 0) is 4.74 Å². The van der Waals surface area contributed by atoms with Gasteiger partial charge in [-0.15, -0.1) is 0 Å². The zero-order valence-corrected chi connectivity index (χ0v) is 8.94. The van der Waals surface area contributed by atoms with Crippen molar-refractivity contribution in [2.45, 2.75) is 18.4 Å². The predicted molar refractivity (Wildman–Crippen MR) is 56.0 cm³/mol. The van der Waals surface area contributed by atoms with Crippen molar-refractivity contribution in [3.63, 3.8) is 0 Å². The highest BCUT2D eigenvalue weighted by atomic mass is 16.5. The minimum Gasteiger partial charge on any atom is -0.472 e. The molecule has 2 rings (SSSR count). The van der Waals surface area contributed by atoms with Crippen LogP contribution in [0.2, 0.25) is 0 Å². The summed E-state index contributed by atoms with van der Waals surface area (Å²) in [6.07, 6.45) is 4.10. The molecular formula is C11H15NO4. The van der Waals surface area contributed by atoms with Gasteiger partial charge in [-0.1, -0.05) is 0 Å². The number of hydrogen-bond acceptors (Lipinski definition) is 4. The van der Waals surface area contributed by atoms with Gasteiger partial charge in [0.2, 0.25) is 0 Å². The van der Waals surface area contributed by atoms with E-state index in [1.807, 2.05) is 0 Å². The van der Waals surface area contributed by atoms with Crippen molar-refractivity contribution >= 4 is 5.91 Å². The molecule has 2 N–H and O–H groups in total. The SMILES string of the molecule is O=C(NC1(CO)CCOCC1)c1ccoc1. The summed E-state index contributed by atoms with van der Waals surface area (Å²) < 4.78 is 10.1. The van der Waals surface area contributed by atoms with E-state index in [0.717, 1.165) is 0 Å². The summed E-state index contributed by atoms with van der Waals surface area (Å²) in [6.45, 7) is 1.05. The highest BCUT2D eigenvalue weighted by Gasteiger charge is 2.33. The van der Waals surface area contributed by atoms with Crippen molar-refractivity contribution in [2.24, 2.45) is 0 Å². The molecular weight excluding hydrogens is 210 g/mol. The molecule has 16 heavy (non-hydrogen) atoms. The van der Waals surface area contributed by atoms with Crippen molar-refractivity contribution in [3.05, 3.63) is 24.2 Å². The predicted octanol–water partition coefficient (Wildman–Crippen LogP) is 0.551. The lowest BCUT2D eigenvalue weighted by Gasteiger charge is -2.36. The Morgan fingerprint density at radius 2 is 2.25 bits per heavy atom. The summed E-state index contributed by atoms with van der Waals surface area (Å²) in [7, 11) is 0. The van der Waals surface area contributed by atoms with Crippen molar-refractivity contribution in [1.82, 2.24) is 5.32 Å². The van der Waals surface area contributed by atoms with Gasteiger partial charge >= 0.3 is 0 Å².